The molecule has 2 heteroatoms. The van der Waals surface area contributed by atoms with E-state index in [4.69, 9.17) is 5.84 Å². The Hall–Kier alpha value is -0.860. The zero-order chi connectivity index (χ0) is 15.0. The van der Waals surface area contributed by atoms with Gasteiger partial charge in [-0.25, -0.2) is 0 Å². The van der Waals surface area contributed by atoms with Crippen LogP contribution in [-0.4, -0.2) is 0 Å². The number of hydrazine groups is 1. The summed E-state index contributed by atoms with van der Waals surface area (Å²) >= 11 is 0. The molecule has 3 N–H and O–H groups in total. The fourth-order valence-corrected chi connectivity index (χ4v) is 3.18. The topological polar surface area (TPSA) is 38.0 Å². The fraction of sp³-hybridized carbons (Fsp3) is 0.667. The summed E-state index contributed by atoms with van der Waals surface area (Å²) in [6, 6.07) is 4.81. The van der Waals surface area contributed by atoms with E-state index in [9.17, 15) is 0 Å². The predicted octanol–water partition coefficient (Wildman–Crippen LogP) is 4.87. The highest BCUT2D eigenvalue weighted by atomic mass is 15.2. The number of rotatable bonds is 9. The molecule has 1 aromatic carbocycles. The first-order valence-corrected chi connectivity index (χ1v) is 8.14. The molecule has 0 bridgehead atoms. The first kappa shape index (κ1) is 17.2. The minimum atomic E-state index is 0.293. The van der Waals surface area contributed by atoms with E-state index in [1.54, 1.807) is 0 Å². The summed E-state index contributed by atoms with van der Waals surface area (Å²) in [7, 11) is 0. The standard InChI is InChI=1S/C18H32N2/c1-5-6-7-8-9-10-11-17(20-19)18-15(3)12-14(2)13-16(18)4/h12-13,17,20H,5-11,19H2,1-4H3. The number of aryl methyl sites for hydroxylation is 3. The smallest absolute Gasteiger partial charge is 0.0465 e. The van der Waals surface area contributed by atoms with Gasteiger partial charge in [0.1, 0.15) is 0 Å². The molecule has 1 aromatic rings. The highest BCUT2D eigenvalue weighted by molar-refractivity contribution is 5.39. The SMILES string of the molecule is CCCCCCCCC(NN)c1c(C)cc(C)cc1C. The third kappa shape index (κ3) is 5.26. The lowest BCUT2D eigenvalue weighted by molar-refractivity contribution is 0.474. The van der Waals surface area contributed by atoms with Crippen LogP contribution in [0.1, 0.15) is 80.2 Å². The zero-order valence-electron chi connectivity index (χ0n) is 13.8. The third-order valence-corrected chi connectivity index (χ3v) is 4.13. The normalized spacial score (nSPS) is 12.7. The lowest BCUT2D eigenvalue weighted by Gasteiger charge is -2.21. The van der Waals surface area contributed by atoms with Gasteiger partial charge in [-0.1, -0.05) is 63.1 Å². The molecule has 1 unspecified atom stereocenters. The van der Waals surface area contributed by atoms with Gasteiger partial charge in [0.15, 0.2) is 0 Å². The van der Waals surface area contributed by atoms with Gasteiger partial charge in [-0.15, -0.1) is 0 Å². The van der Waals surface area contributed by atoms with Gasteiger partial charge in [-0.2, -0.15) is 0 Å². The van der Waals surface area contributed by atoms with Crippen molar-refractivity contribution in [1.29, 1.82) is 0 Å². The molecule has 0 aliphatic heterocycles. The Morgan fingerprint density at radius 3 is 2.05 bits per heavy atom. The van der Waals surface area contributed by atoms with Crippen LogP contribution < -0.4 is 11.3 Å². The third-order valence-electron chi connectivity index (χ3n) is 4.13. The Morgan fingerprint density at radius 1 is 0.950 bits per heavy atom. The first-order valence-electron chi connectivity index (χ1n) is 8.14. The van der Waals surface area contributed by atoms with Crippen LogP contribution in [0.4, 0.5) is 0 Å². The first-order chi connectivity index (χ1) is 9.60. The van der Waals surface area contributed by atoms with Gasteiger partial charge in [0.05, 0.1) is 0 Å². The molecule has 0 fully saturated rings. The molecule has 0 spiro atoms. The van der Waals surface area contributed by atoms with E-state index in [-0.39, 0.29) is 0 Å². The largest absolute Gasteiger partial charge is 0.271 e. The second kappa shape index (κ2) is 9.15. The second-order valence-corrected chi connectivity index (χ2v) is 6.09. The molecular formula is C18H32N2. The molecule has 0 saturated carbocycles. The van der Waals surface area contributed by atoms with E-state index < -0.39 is 0 Å². The minimum absolute atomic E-state index is 0.293. The van der Waals surface area contributed by atoms with E-state index in [1.807, 2.05) is 0 Å². The van der Waals surface area contributed by atoms with Crippen LogP contribution in [0.2, 0.25) is 0 Å². The van der Waals surface area contributed by atoms with Gasteiger partial charge in [0, 0.05) is 6.04 Å². The lowest BCUT2D eigenvalue weighted by atomic mass is 9.91. The summed E-state index contributed by atoms with van der Waals surface area (Å²) in [6.45, 7) is 8.81. The summed E-state index contributed by atoms with van der Waals surface area (Å²) in [5.41, 5.74) is 8.46. The van der Waals surface area contributed by atoms with Gasteiger partial charge in [-0.3, -0.25) is 11.3 Å². The highest BCUT2D eigenvalue weighted by Gasteiger charge is 2.14. The molecule has 0 amide bonds. The molecule has 0 aromatic heterocycles. The van der Waals surface area contributed by atoms with Crippen LogP contribution in [0.25, 0.3) is 0 Å². The molecule has 1 atom stereocenters. The van der Waals surface area contributed by atoms with Gasteiger partial charge in [0.25, 0.3) is 0 Å². The fourth-order valence-electron chi connectivity index (χ4n) is 3.18. The van der Waals surface area contributed by atoms with Crippen LogP contribution in [-0.2, 0) is 0 Å². The Morgan fingerprint density at radius 2 is 1.50 bits per heavy atom. The highest BCUT2D eigenvalue weighted by Crippen LogP contribution is 2.27. The van der Waals surface area contributed by atoms with Crippen molar-refractivity contribution in [2.75, 3.05) is 0 Å². The maximum absolute atomic E-state index is 5.79. The molecule has 1 rings (SSSR count). The Balaban J connectivity index is 2.54. The summed E-state index contributed by atoms with van der Waals surface area (Å²) in [5, 5.41) is 0. The van der Waals surface area contributed by atoms with E-state index >= 15 is 0 Å². The van der Waals surface area contributed by atoms with Crippen molar-refractivity contribution in [3.63, 3.8) is 0 Å². The summed E-state index contributed by atoms with van der Waals surface area (Å²) < 4.78 is 0. The minimum Gasteiger partial charge on any atom is -0.271 e. The molecule has 114 valence electrons. The number of benzene rings is 1. The number of unbranched alkanes of at least 4 members (excludes halogenated alkanes) is 5. The van der Waals surface area contributed by atoms with Gasteiger partial charge in [0.2, 0.25) is 0 Å². The van der Waals surface area contributed by atoms with Gasteiger partial charge >= 0.3 is 0 Å². The van der Waals surface area contributed by atoms with E-state index in [2.05, 4.69) is 45.3 Å². The van der Waals surface area contributed by atoms with Crippen LogP contribution in [0, 0.1) is 20.8 Å². The summed E-state index contributed by atoms with van der Waals surface area (Å²) in [5.74, 6) is 5.79. The average Bonchev–Trinajstić information content (AvgIpc) is 2.39. The van der Waals surface area contributed by atoms with Gasteiger partial charge in [-0.05, 0) is 43.9 Å². The quantitative estimate of drug-likeness (QED) is 0.384. The zero-order valence-corrected chi connectivity index (χ0v) is 13.8. The molecule has 0 heterocycles. The summed E-state index contributed by atoms with van der Waals surface area (Å²) in [4.78, 5) is 0. The monoisotopic (exact) mass is 276 g/mol. The van der Waals surface area contributed by atoms with Crippen LogP contribution in [0.3, 0.4) is 0 Å². The van der Waals surface area contributed by atoms with Crippen molar-refractivity contribution in [3.05, 3.63) is 34.4 Å². The van der Waals surface area contributed by atoms with Crippen LogP contribution in [0.5, 0.6) is 0 Å². The molecule has 0 aliphatic rings. The van der Waals surface area contributed by atoms with Crippen molar-refractivity contribution in [3.8, 4) is 0 Å². The Kier molecular flexibility index (Phi) is 7.86. The second-order valence-electron chi connectivity index (χ2n) is 6.09. The van der Waals surface area contributed by atoms with Crippen LogP contribution in [0.15, 0.2) is 12.1 Å². The van der Waals surface area contributed by atoms with Crippen molar-refractivity contribution in [2.24, 2.45) is 5.84 Å². The number of nitrogens with two attached hydrogens (primary N) is 1. The van der Waals surface area contributed by atoms with Gasteiger partial charge < -0.3 is 0 Å². The average molecular weight is 276 g/mol. The molecule has 20 heavy (non-hydrogen) atoms. The maximum atomic E-state index is 5.79. The molecule has 0 aliphatic carbocycles. The summed E-state index contributed by atoms with van der Waals surface area (Å²) in [6.07, 6.45) is 9.13. The lowest BCUT2D eigenvalue weighted by Crippen LogP contribution is -2.29. The number of nitrogens with one attached hydrogen (secondary N) is 1. The number of hydrogen-bond donors (Lipinski definition) is 2. The Bertz CT molecular complexity index is 375. The maximum Gasteiger partial charge on any atom is 0.0465 e. The molecular weight excluding hydrogens is 244 g/mol. The van der Waals surface area contributed by atoms with Crippen molar-refractivity contribution >= 4 is 0 Å². The van der Waals surface area contributed by atoms with E-state index in [1.165, 1.54) is 60.8 Å². The van der Waals surface area contributed by atoms with Crippen molar-refractivity contribution in [2.45, 2.75) is 78.7 Å². The Labute approximate surface area is 125 Å². The number of hydrogen-bond acceptors (Lipinski definition) is 2. The predicted molar refractivity (Wildman–Crippen MR) is 88.7 cm³/mol. The molecule has 0 saturated heterocycles. The van der Waals surface area contributed by atoms with Crippen molar-refractivity contribution in [1.82, 2.24) is 5.43 Å². The van der Waals surface area contributed by atoms with Crippen LogP contribution >= 0.6 is 0 Å². The molecule has 2 nitrogen and oxygen atoms in total. The molecule has 0 radical (unpaired) electrons. The van der Waals surface area contributed by atoms with E-state index in [0.29, 0.717) is 6.04 Å². The van der Waals surface area contributed by atoms with Crippen molar-refractivity contribution < 1.29 is 0 Å². The van der Waals surface area contributed by atoms with E-state index in [0.717, 1.165) is 6.42 Å².